The van der Waals surface area contributed by atoms with Gasteiger partial charge in [-0.2, -0.15) is 57.9 Å². The van der Waals surface area contributed by atoms with Crippen molar-refractivity contribution in [2.45, 2.75) is 24.7 Å². The van der Waals surface area contributed by atoms with Gasteiger partial charge in [-0.15, -0.1) is 0 Å². The average Bonchev–Trinajstić information content (AvgIpc) is 3.89. The van der Waals surface area contributed by atoms with Crippen molar-refractivity contribution in [3.05, 3.63) is 204 Å². The highest BCUT2D eigenvalue weighted by molar-refractivity contribution is 6.12. The Labute approximate surface area is 410 Å². The number of hydrogen-bond acceptors (Lipinski definition) is 3. The molecule has 0 unspecified atom stereocenters. The minimum absolute atomic E-state index is 0.0491. The number of halogens is 12. The van der Waals surface area contributed by atoms with Crippen molar-refractivity contribution in [3.63, 3.8) is 0 Å². The van der Waals surface area contributed by atoms with Crippen molar-refractivity contribution in [3.8, 4) is 62.5 Å². The quantitative estimate of drug-likeness (QED) is 0.156. The van der Waals surface area contributed by atoms with Crippen LogP contribution >= 0.6 is 0 Å². The second-order valence-electron chi connectivity index (χ2n) is 17.4. The molecule has 3 aromatic heterocycles. The van der Waals surface area contributed by atoms with E-state index in [1.54, 1.807) is 48.5 Å². The Hall–Kier alpha value is -8.91. The van der Waals surface area contributed by atoms with Crippen LogP contribution in [0.25, 0.3) is 100 Å². The normalized spacial score (nSPS) is 12.6. The van der Waals surface area contributed by atoms with E-state index >= 15 is 0 Å². The number of nitrogens with zero attached hydrogens (tertiary/aromatic N) is 5. The number of benzene rings is 8. The Morgan fingerprint density at radius 3 is 1.16 bits per heavy atom. The molecule has 0 aliphatic heterocycles. The van der Waals surface area contributed by atoms with Gasteiger partial charge in [-0.3, -0.25) is 0 Å². The third kappa shape index (κ3) is 8.31. The van der Waals surface area contributed by atoms with Gasteiger partial charge in [0.1, 0.15) is 0 Å². The van der Waals surface area contributed by atoms with Crippen LogP contribution in [0.5, 0.6) is 0 Å². The smallest absolute Gasteiger partial charge is 0.309 e. The lowest BCUT2D eigenvalue weighted by atomic mass is 9.94. The van der Waals surface area contributed by atoms with E-state index in [2.05, 4.69) is 6.07 Å². The first-order valence-electron chi connectivity index (χ1n) is 22.3. The predicted octanol–water partition coefficient (Wildman–Crippen LogP) is 17.3. The molecular formula is C57H29F12N5. The van der Waals surface area contributed by atoms with E-state index in [-0.39, 0.29) is 83.1 Å². The molecule has 0 spiro atoms. The molecule has 11 rings (SSSR count). The van der Waals surface area contributed by atoms with Crippen LogP contribution < -0.4 is 0 Å². The highest BCUT2D eigenvalue weighted by Gasteiger charge is 2.36. The molecular weight excluding hydrogens is 983 g/mol. The first kappa shape index (κ1) is 47.4. The number of rotatable bonds is 6. The molecule has 3 heterocycles. The molecule has 8 aromatic carbocycles. The highest BCUT2D eigenvalue weighted by Crippen LogP contribution is 2.46. The van der Waals surface area contributed by atoms with Gasteiger partial charge in [-0.25, -0.2) is 9.97 Å². The Morgan fingerprint density at radius 2 is 0.770 bits per heavy atom. The van der Waals surface area contributed by atoms with Crippen LogP contribution in [-0.4, -0.2) is 19.1 Å². The first-order valence-corrected chi connectivity index (χ1v) is 22.3. The summed E-state index contributed by atoms with van der Waals surface area (Å²) < 4.78 is 174. The summed E-state index contributed by atoms with van der Waals surface area (Å²) in [6.07, 6.45) is -19.5. The van der Waals surface area contributed by atoms with E-state index in [0.29, 0.717) is 22.5 Å². The molecule has 0 aliphatic carbocycles. The van der Waals surface area contributed by atoms with Gasteiger partial charge in [0.15, 0.2) is 5.82 Å². The molecule has 0 bridgehead atoms. The molecule has 0 aliphatic rings. The lowest BCUT2D eigenvalue weighted by Crippen LogP contribution is -2.05. The van der Waals surface area contributed by atoms with Crippen molar-refractivity contribution in [1.82, 2.24) is 19.1 Å². The van der Waals surface area contributed by atoms with E-state index in [9.17, 15) is 57.9 Å². The molecule has 0 fully saturated rings. The maximum atomic E-state index is 14.3. The monoisotopic (exact) mass is 1010 g/mol. The Kier molecular flexibility index (Phi) is 11.0. The van der Waals surface area contributed by atoms with Crippen LogP contribution in [0, 0.1) is 11.3 Å². The molecule has 5 nitrogen and oxygen atoms in total. The number of fused-ring (bicyclic) bond motifs is 6. The second kappa shape index (κ2) is 17.1. The predicted molar refractivity (Wildman–Crippen MR) is 257 cm³/mol. The zero-order valence-corrected chi connectivity index (χ0v) is 37.5. The summed E-state index contributed by atoms with van der Waals surface area (Å²) in [6, 6.07) is 41.9. The second-order valence-corrected chi connectivity index (χ2v) is 17.4. The van der Waals surface area contributed by atoms with Gasteiger partial charge < -0.3 is 9.13 Å². The zero-order chi connectivity index (χ0) is 52.1. The van der Waals surface area contributed by atoms with Crippen LogP contribution in [-0.2, 0) is 24.7 Å². The van der Waals surface area contributed by atoms with Crippen molar-refractivity contribution in [2.75, 3.05) is 0 Å². The standard InChI is InChI=1S/C57H29F12N5/c58-54(59,60)34-12-19-48-42(24-34)43-25-35(55(61,62)63)13-20-49(43)73(48)38-16-17-39(53-71-46(32-7-3-1-4-8-32)29-47(72-53)33-9-5-2-6-10-33)40(28-38)41-23-31(30-70)11-18-50(41)74-51-21-14-36(56(64,65)66)26-44(51)45-27-37(57(67,68)69)15-22-52(45)74/h1-29H. The Balaban J connectivity index is 1.26. The SMILES string of the molecule is N#Cc1ccc(-n2c3ccc(C(F)(F)F)cc3c3cc(C(F)(F)F)ccc32)c(-c2cc(-n3c4ccc(C(F)(F)F)cc4c4cc(C(F)(F)F)ccc43)ccc2-c2nc(-c3ccccc3)cc(-c3ccccc3)n2)c1. The van der Waals surface area contributed by atoms with Crippen molar-refractivity contribution < 1.29 is 52.7 Å². The minimum Gasteiger partial charge on any atom is -0.309 e. The summed E-state index contributed by atoms with van der Waals surface area (Å²) in [5.74, 6) is 0.0961. The summed E-state index contributed by atoms with van der Waals surface area (Å²) >= 11 is 0. The number of aromatic nitrogens is 4. The molecule has 366 valence electrons. The maximum Gasteiger partial charge on any atom is 0.416 e. The maximum absolute atomic E-state index is 14.3. The lowest BCUT2D eigenvalue weighted by Gasteiger charge is -2.19. The fourth-order valence-electron chi connectivity index (χ4n) is 9.48. The number of hydrogen-bond donors (Lipinski definition) is 0. The van der Waals surface area contributed by atoms with Gasteiger partial charge in [0.25, 0.3) is 0 Å². The molecule has 0 atom stereocenters. The minimum atomic E-state index is -4.89. The molecule has 0 radical (unpaired) electrons. The van der Waals surface area contributed by atoms with Crippen molar-refractivity contribution in [1.29, 1.82) is 5.26 Å². The van der Waals surface area contributed by atoms with Gasteiger partial charge in [0.2, 0.25) is 0 Å². The molecule has 11 aromatic rings. The summed E-state index contributed by atoms with van der Waals surface area (Å²) in [6.45, 7) is 0. The number of nitriles is 1. The molecule has 0 N–H and O–H groups in total. The van der Waals surface area contributed by atoms with Crippen molar-refractivity contribution in [2.24, 2.45) is 0 Å². The van der Waals surface area contributed by atoms with Gasteiger partial charge in [0.05, 0.1) is 73.0 Å². The van der Waals surface area contributed by atoms with Crippen LogP contribution in [0.1, 0.15) is 27.8 Å². The van der Waals surface area contributed by atoms with E-state index in [1.165, 1.54) is 27.3 Å². The molecule has 17 heteroatoms. The van der Waals surface area contributed by atoms with Gasteiger partial charge >= 0.3 is 24.7 Å². The van der Waals surface area contributed by atoms with Crippen LogP contribution in [0.15, 0.2) is 176 Å². The van der Waals surface area contributed by atoms with E-state index in [0.717, 1.165) is 72.8 Å². The lowest BCUT2D eigenvalue weighted by molar-refractivity contribution is -0.138. The summed E-state index contributed by atoms with van der Waals surface area (Å²) in [4.78, 5) is 10.1. The Bertz CT molecular complexity index is 3880. The summed E-state index contributed by atoms with van der Waals surface area (Å²) in [5.41, 5.74) is -0.935. The van der Waals surface area contributed by atoms with E-state index < -0.39 is 47.0 Å². The fraction of sp³-hybridized carbons (Fsp3) is 0.0702. The average molecular weight is 1010 g/mol. The van der Waals surface area contributed by atoms with Crippen LogP contribution in [0.2, 0.25) is 0 Å². The zero-order valence-electron chi connectivity index (χ0n) is 37.5. The van der Waals surface area contributed by atoms with Crippen LogP contribution in [0.4, 0.5) is 52.7 Å². The Morgan fingerprint density at radius 1 is 0.365 bits per heavy atom. The molecule has 0 saturated heterocycles. The third-order valence-corrected chi connectivity index (χ3v) is 12.9. The third-order valence-electron chi connectivity index (χ3n) is 12.9. The van der Waals surface area contributed by atoms with Gasteiger partial charge in [0, 0.05) is 49.5 Å². The van der Waals surface area contributed by atoms with E-state index in [1.807, 2.05) is 36.4 Å². The van der Waals surface area contributed by atoms with Crippen LogP contribution in [0.3, 0.4) is 0 Å². The van der Waals surface area contributed by atoms with Crippen molar-refractivity contribution >= 4 is 43.6 Å². The molecule has 0 saturated carbocycles. The summed E-state index contributed by atoms with van der Waals surface area (Å²) in [7, 11) is 0. The first-order chi connectivity index (χ1) is 35.2. The van der Waals surface area contributed by atoms with Gasteiger partial charge in [-0.1, -0.05) is 60.7 Å². The topological polar surface area (TPSA) is 59.4 Å². The number of alkyl halides is 12. The fourth-order valence-corrected chi connectivity index (χ4v) is 9.48. The highest BCUT2D eigenvalue weighted by atomic mass is 19.4. The molecule has 74 heavy (non-hydrogen) atoms. The summed E-state index contributed by atoms with van der Waals surface area (Å²) in [5, 5.41) is 9.76. The molecule has 0 amide bonds. The van der Waals surface area contributed by atoms with E-state index in [4.69, 9.17) is 9.97 Å². The largest absolute Gasteiger partial charge is 0.416 e. The van der Waals surface area contributed by atoms with Gasteiger partial charge in [-0.05, 0) is 121 Å².